The maximum absolute atomic E-state index is 12.0. The predicted molar refractivity (Wildman–Crippen MR) is 89.1 cm³/mol. The van der Waals surface area contributed by atoms with Crippen LogP contribution in [0, 0.1) is 0 Å². The van der Waals surface area contributed by atoms with Gasteiger partial charge < -0.3 is 15.0 Å². The maximum atomic E-state index is 12.0. The molecule has 1 aliphatic rings. The summed E-state index contributed by atoms with van der Waals surface area (Å²) in [7, 11) is 3.09. The molecular weight excluding hydrogens is 292 g/mol. The molecule has 23 heavy (non-hydrogen) atoms. The Labute approximate surface area is 138 Å². The van der Waals surface area contributed by atoms with E-state index in [4.69, 9.17) is 4.74 Å². The van der Waals surface area contributed by atoms with Crippen molar-refractivity contribution in [1.82, 2.24) is 10.2 Å². The van der Waals surface area contributed by atoms with E-state index in [1.165, 1.54) is 17.6 Å². The molecule has 5 nitrogen and oxygen atoms in total. The second-order valence-corrected chi connectivity index (χ2v) is 6.21. The van der Waals surface area contributed by atoms with Crippen molar-refractivity contribution in [3.63, 3.8) is 0 Å². The average Bonchev–Trinajstić information content (AvgIpc) is 2.56. The topological polar surface area (TPSA) is 58.6 Å². The van der Waals surface area contributed by atoms with Gasteiger partial charge in [0.2, 0.25) is 11.8 Å². The van der Waals surface area contributed by atoms with Gasteiger partial charge in [-0.3, -0.25) is 9.59 Å². The van der Waals surface area contributed by atoms with Crippen LogP contribution in [0.25, 0.3) is 0 Å². The number of nitrogens with zero attached hydrogens (tertiary/aromatic N) is 1. The van der Waals surface area contributed by atoms with E-state index in [2.05, 4.69) is 29.6 Å². The third kappa shape index (κ3) is 5.36. The Morgan fingerprint density at radius 3 is 2.43 bits per heavy atom. The first kappa shape index (κ1) is 17.5. The van der Waals surface area contributed by atoms with E-state index in [1.807, 2.05) is 6.07 Å². The second kappa shape index (κ2) is 8.67. The Morgan fingerprint density at radius 2 is 1.83 bits per heavy atom. The molecule has 1 aromatic carbocycles. The number of carbonyl (C=O) groups excluding carboxylic acids is 2. The molecule has 0 aliphatic heterocycles. The van der Waals surface area contributed by atoms with Crippen LogP contribution in [0.4, 0.5) is 0 Å². The number of ether oxygens (including phenoxy) is 1. The summed E-state index contributed by atoms with van der Waals surface area (Å²) in [5, 5.41) is 3.05. The SMILES string of the molecule is COCC(=O)N(C)CC(=O)NC1CCC(c2ccccc2)CC1. The average molecular weight is 318 g/mol. The summed E-state index contributed by atoms with van der Waals surface area (Å²) in [4.78, 5) is 25.0. The summed E-state index contributed by atoms with van der Waals surface area (Å²) in [6, 6.07) is 10.8. The minimum atomic E-state index is -0.185. The summed E-state index contributed by atoms with van der Waals surface area (Å²) >= 11 is 0. The Hall–Kier alpha value is -1.88. The van der Waals surface area contributed by atoms with Gasteiger partial charge in [-0.2, -0.15) is 0 Å². The number of carbonyl (C=O) groups is 2. The van der Waals surface area contributed by atoms with Crippen molar-refractivity contribution in [1.29, 1.82) is 0 Å². The number of hydrogen-bond donors (Lipinski definition) is 1. The van der Waals surface area contributed by atoms with Crippen molar-refractivity contribution < 1.29 is 14.3 Å². The van der Waals surface area contributed by atoms with Gasteiger partial charge in [0.25, 0.3) is 0 Å². The van der Waals surface area contributed by atoms with E-state index in [1.54, 1.807) is 7.05 Å². The van der Waals surface area contributed by atoms with Crippen molar-refractivity contribution in [2.75, 3.05) is 27.3 Å². The minimum Gasteiger partial charge on any atom is -0.375 e. The molecule has 2 amide bonds. The van der Waals surface area contributed by atoms with Crippen LogP contribution >= 0.6 is 0 Å². The molecule has 126 valence electrons. The molecular formula is C18H26N2O3. The van der Waals surface area contributed by atoms with Crippen molar-refractivity contribution in [2.24, 2.45) is 0 Å². The van der Waals surface area contributed by atoms with Crippen molar-refractivity contribution in [3.8, 4) is 0 Å². The van der Waals surface area contributed by atoms with E-state index in [9.17, 15) is 9.59 Å². The molecule has 0 unspecified atom stereocenters. The Kier molecular flexibility index (Phi) is 6.59. The van der Waals surface area contributed by atoms with Crippen LogP contribution in [0.3, 0.4) is 0 Å². The largest absolute Gasteiger partial charge is 0.375 e. The zero-order valence-corrected chi connectivity index (χ0v) is 14.0. The number of methoxy groups -OCH3 is 1. The van der Waals surface area contributed by atoms with Crippen LogP contribution in [0.5, 0.6) is 0 Å². The first-order valence-corrected chi connectivity index (χ1v) is 8.17. The quantitative estimate of drug-likeness (QED) is 0.872. The Morgan fingerprint density at radius 1 is 1.17 bits per heavy atom. The third-order valence-corrected chi connectivity index (χ3v) is 4.44. The summed E-state index contributed by atoms with van der Waals surface area (Å²) in [5.41, 5.74) is 1.39. The summed E-state index contributed by atoms with van der Waals surface area (Å²) in [6.07, 6.45) is 4.16. The molecule has 1 aromatic rings. The van der Waals surface area contributed by atoms with E-state index < -0.39 is 0 Å². The molecule has 1 aliphatic carbocycles. The molecule has 0 bridgehead atoms. The van der Waals surface area contributed by atoms with E-state index in [-0.39, 0.29) is 31.0 Å². The van der Waals surface area contributed by atoms with Gasteiger partial charge >= 0.3 is 0 Å². The molecule has 0 heterocycles. The van der Waals surface area contributed by atoms with Crippen LogP contribution in [0.1, 0.15) is 37.2 Å². The van der Waals surface area contributed by atoms with E-state index in [0.717, 1.165) is 25.7 Å². The number of hydrogen-bond acceptors (Lipinski definition) is 3. The monoisotopic (exact) mass is 318 g/mol. The molecule has 0 aromatic heterocycles. The van der Waals surface area contributed by atoms with Crippen LogP contribution < -0.4 is 5.32 Å². The van der Waals surface area contributed by atoms with Gasteiger partial charge in [-0.25, -0.2) is 0 Å². The van der Waals surface area contributed by atoms with Gasteiger partial charge in [-0.05, 0) is 37.2 Å². The minimum absolute atomic E-state index is 0.00592. The first-order valence-electron chi connectivity index (χ1n) is 8.17. The van der Waals surface area contributed by atoms with Crippen molar-refractivity contribution in [3.05, 3.63) is 35.9 Å². The number of amides is 2. The van der Waals surface area contributed by atoms with Gasteiger partial charge in [-0.15, -0.1) is 0 Å². The number of nitrogens with one attached hydrogen (secondary N) is 1. The van der Waals surface area contributed by atoms with Gasteiger partial charge in [0.05, 0.1) is 6.54 Å². The van der Waals surface area contributed by atoms with E-state index in [0.29, 0.717) is 5.92 Å². The normalized spacial score (nSPS) is 20.8. The lowest BCUT2D eigenvalue weighted by Gasteiger charge is -2.30. The lowest BCUT2D eigenvalue weighted by Crippen LogP contribution is -2.44. The maximum Gasteiger partial charge on any atom is 0.248 e. The summed E-state index contributed by atoms with van der Waals surface area (Å²) in [6.45, 7) is 0.0901. The van der Waals surface area contributed by atoms with Crippen LogP contribution in [-0.4, -0.2) is 50.1 Å². The number of benzene rings is 1. The van der Waals surface area contributed by atoms with Crippen LogP contribution in [0.2, 0.25) is 0 Å². The molecule has 1 saturated carbocycles. The number of rotatable bonds is 6. The fourth-order valence-electron chi connectivity index (χ4n) is 3.11. The molecule has 2 rings (SSSR count). The highest BCUT2D eigenvalue weighted by atomic mass is 16.5. The molecule has 1 fully saturated rings. The van der Waals surface area contributed by atoms with Gasteiger partial charge in [0, 0.05) is 20.2 Å². The predicted octanol–water partition coefficient (Wildman–Crippen LogP) is 1.93. The fraction of sp³-hybridized carbons (Fsp3) is 0.556. The number of likely N-dealkylation sites (N-methyl/N-ethyl adjacent to an activating group) is 1. The van der Waals surface area contributed by atoms with Gasteiger partial charge in [-0.1, -0.05) is 30.3 Å². The molecule has 1 N–H and O–H groups in total. The second-order valence-electron chi connectivity index (χ2n) is 6.21. The van der Waals surface area contributed by atoms with Crippen LogP contribution in [0.15, 0.2) is 30.3 Å². The lowest BCUT2D eigenvalue weighted by atomic mass is 9.82. The zero-order chi connectivity index (χ0) is 16.7. The van der Waals surface area contributed by atoms with Crippen molar-refractivity contribution in [2.45, 2.75) is 37.6 Å². The smallest absolute Gasteiger partial charge is 0.248 e. The van der Waals surface area contributed by atoms with E-state index >= 15 is 0 Å². The van der Waals surface area contributed by atoms with Gasteiger partial charge in [0.1, 0.15) is 6.61 Å². The highest BCUT2D eigenvalue weighted by Gasteiger charge is 2.24. The molecule has 0 atom stereocenters. The van der Waals surface area contributed by atoms with Crippen LogP contribution in [-0.2, 0) is 14.3 Å². The molecule has 0 spiro atoms. The Balaban J connectivity index is 1.73. The molecule has 0 saturated heterocycles. The molecule has 5 heteroatoms. The summed E-state index contributed by atoms with van der Waals surface area (Å²) < 4.78 is 4.79. The first-order chi connectivity index (χ1) is 11.1. The van der Waals surface area contributed by atoms with Crippen molar-refractivity contribution >= 4 is 11.8 Å². The lowest BCUT2D eigenvalue weighted by molar-refractivity contribution is -0.137. The standard InChI is InChI=1S/C18H26N2O3/c1-20(18(22)13-23-2)12-17(21)19-16-10-8-15(9-11-16)14-6-4-3-5-7-14/h3-7,15-16H,8-13H2,1-2H3,(H,19,21). The highest BCUT2D eigenvalue weighted by Crippen LogP contribution is 2.32. The van der Waals surface area contributed by atoms with Gasteiger partial charge in [0.15, 0.2) is 0 Å². The third-order valence-electron chi connectivity index (χ3n) is 4.44. The fourth-order valence-corrected chi connectivity index (χ4v) is 3.11. The Bertz CT molecular complexity index is 510. The molecule has 0 radical (unpaired) electrons. The zero-order valence-electron chi connectivity index (χ0n) is 14.0. The summed E-state index contributed by atoms with van der Waals surface area (Å²) in [5.74, 6) is 0.311. The highest BCUT2D eigenvalue weighted by molar-refractivity contribution is 5.85.